The number of carbonyl (C=O) groups is 1. The predicted molar refractivity (Wildman–Crippen MR) is 88.2 cm³/mol. The van der Waals surface area contributed by atoms with E-state index in [0.717, 1.165) is 17.5 Å². The van der Waals surface area contributed by atoms with Crippen LogP contribution in [-0.4, -0.2) is 19.1 Å². The maximum absolute atomic E-state index is 12.2. The summed E-state index contributed by atoms with van der Waals surface area (Å²) in [5.41, 5.74) is 8.26. The first-order chi connectivity index (χ1) is 10.7. The molecule has 122 valence electrons. The van der Waals surface area contributed by atoms with Crippen molar-refractivity contribution in [3.63, 3.8) is 0 Å². The summed E-state index contributed by atoms with van der Waals surface area (Å²) in [5, 5.41) is 2.97. The van der Waals surface area contributed by atoms with E-state index in [2.05, 4.69) is 5.32 Å². The van der Waals surface area contributed by atoms with E-state index in [0.29, 0.717) is 19.1 Å². The zero-order chi connectivity index (χ0) is 15.8. The molecular weight excluding hydrogens is 276 g/mol. The lowest BCUT2D eigenvalue weighted by Crippen LogP contribution is -2.41. The number of methoxy groups -OCH3 is 1. The smallest absolute Gasteiger partial charge is 0.237 e. The molecular formula is C18H28N2O2. The van der Waals surface area contributed by atoms with E-state index >= 15 is 0 Å². The topological polar surface area (TPSA) is 64.3 Å². The molecule has 1 aromatic rings. The second-order valence-electron chi connectivity index (χ2n) is 6.27. The van der Waals surface area contributed by atoms with Crippen molar-refractivity contribution in [2.45, 2.75) is 57.7 Å². The minimum atomic E-state index is -0.391. The van der Waals surface area contributed by atoms with Gasteiger partial charge in [-0.15, -0.1) is 0 Å². The van der Waals surface area contributed by atoms with Crippen molar-refractivity contribution in [1.82, 2.24) is 5.32 Å². The molecule has 0 bridgehead atoms. The van der Waals surface area contributed by atoms with Gasteiger partial charge in [0.15, 0.2) is 0 Å². The average molecular weight is 304 g/mol. The maximum atomic E-state index is 12.2. The first kappa shape index (κ1) is 17.0. The summed E-state index contributed by atoms with van der Waals surface area (Å²) in [5.74, 6) is 0.577. The molecule has 1 atom stereocenters. The second-order valence-corrected chi connectivity index (χ2v) is 6.27. The van der Waals surface area contributed by atoms with Crippen molar-refractivity contribution in [2.24, 2.45) is 11.7 Å². The Morgan fingerprint density at radius 1 is 1.27 bits per heavy atom. The van der Waals surface area contributed by atoms with Gasteiger partial charge in [-0.05, 0) is 23.5 Å². The van der Waals surface area contributed by atoms with E-state index in [4.69, 9.17) is 10.5 Å². The molecule has 0 heterocycles. The zero-order valence-electron chi connectivity index (χ0n) is 13.5. The van der Waals surface area contributed by atoms with Crippen LogP contribution < -0.4 is 11.1 Å². The van der Waals surface area contributed by atoms with Gasteiger partial charge in [-0.25, -0.2) is 0 Å². The third-order valence-electron chi connectivity index (χ3n) is 4.52. The molecule has 3 N–H and O–H groups in total. The van der Waals surface area contributed by atoms with Crippen LogP contribution >= 0.6 is 0 Å². The summed E-state index contributed by atoms with van der Waals surface area (Å²) < 4.78 is 5.19. The summed E-state index contributed by atoms with van der Waals surface area (Å²) in [7, 11) is 1.68. The number of nitrogens with one attached hydrogen (secondary N) is 1. The lowest BCUT2D eigenvalue weighted by molar-refractivity contribution is -0.123. The van der Waals surface area contributed by atoms with Crippen molar-refractivity contribution in [3.05, 3.63) is 35.4 Å². The third kappa shape index (κ3) is 5.11. The monoisotopic (exact) mass is 304 g/mol. The van der Waals surface area contributed by atoms with E-state index < -0.39 is 6.04 Å². The Morgan fingerprint density at radius 3 is 2.64 bits per heavy atom. The van der Waals surface area contributed by atoms with Crippen LogP contribution in [0.25, 0.3) is 0 Å². The number of hydrogen-bond donors (Lipinski definition) is 2. The molecule has 0 spiro atoms. The van der Waals surface area contributed by atoms with Crippen LogP contribution in [0.3, 0.4) is 0 Å². The molecule has 22 heavy (non-hydrogen) atoms. The van der Waals surface area contributed by atoms with Gasteiger partial charge in [-0.2, -0.15) is 0 Å². The number of hydrogen-bond acceptors (Lipinski definition) is 3. The fraction of sp³-hybridized carbons (Fsp3) is 0.611. The fourth-order valence-electron chi connectivity index (χ4n) is 3.23. The number of rotatable bonds is 7. The first-order valence-corrected chi connectivity index (χ1v) is 8.29. The highest BCUT2D eigenvalue weighted by molar-refractivity contribution is 5.81. The highest BCUT2D eigenvalue weighted by Gasteiger charge is 2.21. The number of benzene rings is 1. The quantitative estimate of drug-likeness (QED) is 0.814. The van der Waals surface area contributed by atoms with Gasteiger partial charge in [0.1, 0.15) is 0 Å². The Balaban J connectivity index is 1.81. The third-order valence-corrected chi connectivity index (χ3v) is 4.52. The average Bonchev–Trinajstić information content (AvgIpc) is 2.55. The summed E-state index contributed by atoms with van der Waals surface area (Å²) in [6.07, 6.45) is 7.14. The van der Waals surface area contributed by atoms with Crippen LogP contribution in [0.1, 0.15) is 49.7 Å². The largest absolute Gasteiger partial charge is 0.380 e. The molecule has 1 aromatic carbocycles. The molecule has 0 aliphatic heterocycles. The van der Waals surface area contributed by atoms with Crippen LogP contribution in [0.4, 0.5) is 0 Å². The summed E-state index contributed by atoms with van der Waals surface area (Å²) in [6, 6.07) is 7.60. The molecule has 1 fully saturated rings. The molecule has 0 radical (unpaired) electrons. The summed E-state index contributed by atoms with van der Waals surface area (Å²) in [4.78, 5) is 12.2. The van der Waals surface area contributed by atoms with Gasteiger partial charge >= 0.3 is 0 Å². The number of nitrogens with two attached hydrogens (primary N) is 1. The lowest BCUT2D eigenvalue weighted by atomic mass is 9.85. The maximum Gasteiger partial charge on any atom is 0.237 e. The van der Waals surface area contributed by atoms with E-state index in [9.17, 15) is 4.79 Å². The molecule has 1 aliphatic carbocycles. The number of ether oxygens (including phenoxy) is 1. The van der Waals surface area contributed by atoms with Crippen molar-refractivity contribution in [3.8, 4) is 0 Å². The van der Waals surface area contributed by atoms with Gasteiger partial charge in [0.2, 0.25) is 5.91 Å². The normalized spacial score (nSPS) is 17.2. The minimum absolute atomic E-state index is 0.0437. The Kier molecular flexibility index (Phi) is 6.87. The molecule has 0 aromatic heterocycles. The second kappa shape index (κ2) is 8.91. The highest BCUT2D eigenvalue weighted by Crippen LogP contribution is 2.26. The summed E-state index contributed by atoms with van der Waals surface area (Å²) in [6.45, 7) is 1.07. The van der Waals surface area contributed by atoms with Gasteiger partial charge in [-0.1, -0.05) is 56.4 Å². The van der Waals surface area contributed by atoms with Crippen molar-refractivity contribution >= 4 is 5.91 Å². The van der Waals surface area contributed by atoms with E-state index in [1.54, 1.807) is 7.11 Å². The summed E-state index contributed by atoms with van der Waals surface area (Å²) >= 11 is 0. The van der Waals surface area contributed by atoms with Gasteiger partial charge in [0.05, 0.1) is 12.6 Å². The molecule has 1 aliphatic rings. The van der Waals surface area contributed by atoms with E-state index in [-0.39, 0.29) is 5.91 Å². The van der Waals surface area contributed by atoms with E-state index in [1.165, 1.54) is 32.1 Å². The molecule has 4 heteroatoms. The molecule has 0 saturated heterocycles. The lowest BCUT2D eigenvalue weighted by Gasteiger charge is -2.24. The van der Waals surface area contributed by atoms with Crippen LogP contribution in [-0.2, 0) is 22.7 Å². The van der Waals surface area contributed by atoms with Crippen molar-refractivity contribution < 1.29 is 9.53 Å². The zero-order valence-corrected chi connectivity index (χ0v) is 13.5. The predicted octanol–water partition coefficient (Wildman–Crippen LogP) is 2.75. The van der Waals surface area contributed by atoms with Crippen molar-refractivity contribution in [2.75, 3.05) is 7.11 Å². The van der Waals surface area contributed by atoms with Gasteiger partial charge < -0.3 is 15.8 Å². The standard InChI is InChI=1S/C18H28N2O2/c1-22-13-16-10-6-5-9-15(16)12-20-18(21)17(19)11-14-7-3-2-4-8-14/h5-6,9-10,14,17H,2-4,7-8,11-13,19H2,1H3,(H,20,21). The minimum Gasteiger partial charge on any atom is -0.380 e. The van der Waals surface area contributed by atoms with Crippen LogP contribution in [0.2, 0.25) is 0 Å². The van der Waals surface area contributed by atoms with Crippen LogP contribution in [0.5, 0.6) is 0 Å². The van der Waals surface area contributed by atoms with Gasteiger partial charge in [0, 0.05) is 13.7 Å². The van der Waals surface area contributed by atoms with Gasteiger partial charge in [-0.3, -0.25) is 4.79 Å². The highest BCUT2D eigenvalue weighted by atomic mass is 16.5. The number of carbonyl (C=O) groups excluding carboxylic acids is 1. The van der Waals surface area contributed by atoms with Crippen LogP contribution in [0.15, 0.2) is 24.3 Å². The van der Waals surface area contributed by atoms with Crippen molar-refractivity contribution in [1.29, 1.82) is 0 Å². The SMILES string of the molecule is COCc1ccccc1CNC(=O)C(N)CC1CCCCC1. The Labute approximate surface area is 133 Å². The van der Waals surface area contributed by atoms with E-state index in [1.807, 2.05) is 24.3 Å². The van der Waals surface area contributed by atoms with Gasteiger partial charge in [0.25, 0.3) is 0 Å². The Hall–Kier alpha value is -1.39. The Bertz CT molecular complexity index is 470. The molecule has 4 nitrogen and oxygen atoms in total. The molecule has 2 rings (SSSR count). The molecule has 1 amide bonds. The molecule has 1 saturated carbocycles. The fourth-order valence-corrected chi connectivity index (χ4v) is 3.23. The Morgan fingerprint density at radius 2 is 1.95 bits per heavy atom. The first-order valence-electron chi connectivity index (χ1n) is 8.29. The molecule has 1 unspecified atom stereocenters. The van der Waals surface area contributed by atoms with Crippen LogP contribution in [0, 0.1) is 5.92 Å². The number of amides is 1.